The Morgan fingerprint density at radius 1 is 1.15 bits per heavy atom. The summed E-state index contributed by atoms with van der Waals surface area (Å²) in [5.74, 6) is 0.537. The number of rotatable bonds is 5. The smallest absolute Gasteiger partial charge is 0.160 e. The number of pyridine rings is 1. The number of aromatic nitrogens is 1. The average molecular weight is 435 g/mol. The summed E-state index contributed by atoms with van der Waals surface area (Å²) in [4.78, 5) is 17.4. The van der Waals surface area contributed by atoms with Crippen molar-refractivity contribution < 1.29 is 9.53 Å². The minimum Gasteiger partial charge on any atom is -0.495 e. The lowest BCUT2D eigenvalue weighted by Crippen LogP contribution is -1.94. The molecule has 0 atom stereocenters. The third-order valence-electron chi connectivity index (χ3n) is 3.99. The van der Waals surface area contributed by atoms with E-state index in [-0.39, 0.29) is 0 Å². The van der Waals surface area contributed by atoms with E-state index in [9.17, 15) is 4.79 Å². The van der Waals surface area contributed by atoms with Gasteiger partial charge in [-0.05, 0) is 29.6 Å². The highest BCUT2D eigenvalue weighted by Crippen LogP contribution is 2.41. The second kappa shape index (κ2) is 7.48. The molecule has 27 heavy (non-hydrogen) atoms. The van der Waals surface area contributed by atoms with E-state index in [1.807, 2.05) is 23.6 Å². The summed E-state index contributed by atoms with van der Waals surface area (Å²) in [6.07, 6.45) is 2.62. The van der Waals surface area contributed by atoms with Crippen molar-refractivity contribution >= 4 is 73.8 Å². The second-order valence-corrected chi connectivity index (χ2v) is 8.41. The van der Waals surface area contributed by atoms with E-state index in [1.54, 1.807) is 36.8 Å². The van der Waals surface area contributed by atoms with Gasteiger partial charge >= 0.3 is 0 Å². The highest BCUT2D eigenvalue weighted by atomic mass is 35.5. The lowest BCUT2D eigenvalue weighted by molar-refractivity contribution is 0.112. The van der Waals surface area contributed by atoms with Gasteiger partial charge in [0.15, 0.2) is 6.29 Å². The molecule has 4 rings (SSSR count). The Balaban J connectivity index is 1.78. The number of halogens is 2. The summed E-state index contributed by atoms with van der Waals surface area (Å²) in [5.41, 5.74) is 3.32. The summed E-state index contributed by atoms with van der Waals surface area (Å²) >= 11 is 15.4. The normalized spacial score (nSPS) is 10.9. The predicted octanol–water partition coefficient (Wildman–Crippen LogP) is 6.90. The van der Waals surface area contributed by atoms with Crippen molar-refractivity contribution in [2.75, 3.05) is 12.4 Å². The third-order valence-corrected chi connectivity index (χ3v) is 6.63. The minimum atomic E-state index is 0.449. The molecule has 0 radical (unpaired) electrons. The van der Waals surface area contributed by atoms with Gasteiger partial charge in [-0.15, -0.1) is 22.7 Å². The topological polar surface area (TPSA) is 51.2 Å². The van der Waals surface area contributed by atoms with Crippen molar-refractivity contribution in [2.45, 2.75) is 0 Å². The van der Waals surface area contributed by atoms with Crippen molar-refractivity contribution in [3.05, 3.63) is 56.8 Å². The lowest BCUT2D eigenvalue weighted by atomic mass is 10.2. The van der Waals surface area contributed by atoms with Gasteiger partial charge in [0.2, 0.25) is 0 Å². The van der Waals surface area contributed by atoms with Crippen LogP contribution in [0.15, 0.2) is 41.9 Å². The SMILES string of the molecule is COc1cc(Nc2ccnc3cc(-c4ccsc4C=O)sc23)c(Cl)cc1Cl. The Morgan fingerprint density at radius 3 is 2.78 bits per heavy atom. The largest absolute Gasteiger partial charge is 0.495 e. The molecule has 3 heterocycles. The van der Waals surface area contributed by atoms with Gasteiger partial charge in [0, 0.05) is 22.7 Å². The van der Waals surface area contributed by atoms with Gasteiger partial charge in [0.25, 0.3) is 0 Å². The Bertz CT molecular complexity index is 1150. The fraction of sp³-hybridized carbons (Fsp3) is 0.0526. The maximum atomic E-state index is 11.3. The van der Waals surface area contributed by atoms with Gasteiger partial charge in [-0.2, -0.15) is 0 Å². The molecule has 8 heteroatoms. The fourth-order valence-electron chi connectivity index (χ4n) is 2.71. The number of aldehydes is 1. The van der Waals surface area contributed by atoms with Gasteiger partial charge in [-0.1, -0.05) is 23.2 Å². The number of hydrogen-bond acceptors (Lipinski definition) is 6. The first kappa shape index (κ1) is 18.3. The highest BCUT2D eigenvalue weighted by Gasteiger charge is 2.14. The number of anilines is 2. The molecule has 4 nitrogen and oxygen atoms in total. The lowest BCUT2D eigenvalue weighted by Gasteiger charge is -2.12. The standard InChI is InChI=1S/C19H12Cl2N2O2S2/c1-25-16-7-14(11(20)6-12(16)21)23-13-2-4-22-15-8-17(27-19(13)15)10-3-5-26-18(10)9-24/h2-9H,1H3,(H,22,23). The van der Waals surface area contributed by atoms with Crippen LogP contribution in [0.4, 0.5) is 11.4 Å². The van der Waals surface area contributed by atoms with Crippen LogP contribution in [0.5, 0.6) is 5.75 Å². The zero-order valence-electron chi connectivity index (χ0n) is 14.0. The first-order valence-corrected chi connectivity index (χ1v) is 10.3. The molecule has 136 valence electrons. The molecule has 0 amide bonds. The van der Waals surface area contributed by atoms with E-state index in [4.69, 9.17) is 27.9 Å². The van der Waals surface area contributed by atoms with Crippen LogP contribution in [0.25, 0.3) is 20.7 Å². The van der Waals surface area contributed by atoms with Crippen LogP contribution in [-0.4, -0.2) is 18.4 Å². The Labute approximate surface area is 173 Å². The Morgan fingerprint density at radius 2 is 2.00 bits per heavy atom. The van der Waals surface area contributed by atoms with Crippen molar-refractivity contribution in [3.8, 4) is 16.2 Å². The number of benzene rings is 1. The minimum absolute atomic E-state index is 0.449. The number of thiophene rings is 2. The molecule has 1 aromatic carbocycles. The van der Waals surface area contributed by atoms with E-state index in [1.165, 1.54) is 11.3 Å². The van der Waals surface area contributed by atoms with E-state index >= 15 is 0 Å². The molecule has 0 unspecified atom stereocenters. The number of carbonyl (C=O) groups is 1. The predicted molar refractivity (Wildman–Crippen MR) is 115 cm³/mol. The summed E-state index contributed by atoms with van der Waals surface area (Å²) in [7, 11) is 1.56. The highest BCUT2D eigenvalue weighted by molar-refractivity contribution is 7.23. The Hall–Kier alpha value is -2.12. The van der Waals surface area contributed by atoms with Crippen LogP contribution in [0.2, 0.25) is 10.0 Å². The molecule has 0 aliphatic rings. The zero-order valence-corrected chi connectivity index (χ0v) is 17.1. The maximum Gasteiger partial charge on any atom is 0.160 e. The van der Waals surface area contributed by atoms with Crippen LogP contribution in [0.1, 0.15) is 9.67 Å². The van der Waals surface area contributed by atoms with Crippen molar-refractivity contribution in [1.29, 1.82) is 0 Å². The molecule has 0 aliphatic heterocycles. The molecule has 0 aliphatic carbocycles. The molecular weight excluding hydrogens is 423 g/mol. The number of carbonyl (C=O) groups excluding carboxylic acids is 1. The third kappa shape index (κ3) is 3.41. The second-order valence-electron chi connectivity index (χ2n) is 5.59. The number of nitrogens with zero attached hydrogens (tertiary/aromatic N) is 1. The van der Waals surface area contributed by atoms with E-state index < -0.39 is 0 Å². The van der Waals surface area contributed by atoms with Crippen LogP contribution >= 0.6 is 45.9 Å². The molecule has 3 aromatic heterocycles. The quantitative estimate of drug-likeness (QED) is 0.347. The van der Waals surface area contributed by atoms with E-state index in [0.29, 0.717) is 26.4 Å². The molecule has 0 spiro atoms. The van der Waals surface area contributed by atoms with E-state index in [0.717, 1.165) is 32.6 Å². The number of nitrogens with one attached hydrogen (secondary N) is 1. The summed E-state index contributed by atoms with van der Waals surface area (Å²) in [6, 6.07) is 9.23. The zero-order chi connectivity index (χ0) is 19.0. The van der Waals surface area contributed by atoms with E-state index in [2.05, 4.69) is 10.3 Å². The molecule has 1 N–H and O–H groups in total. The summed E-state index contributed by atoms with van der Waals surface area (Å²) in [5, 5.41) is 6.19. The van der Waals surface area contributed by atoms with Crippen LogP contribution in [0, 0.1) is 0 Å². The monoisotopic (exact) mass is 434 g/mol. The van der Waals surface area contributed by atoms with Crippen molar-refractivity contribution in [3.63, 3.8) is 0 Å². The fourth-order valence-corrected chi connectivity index (χ4v) is 5.12. The first-order valence-electron chi connectivity index (χ1n) is 7.82. The van der Waals surface area contributed by atoms with Gasteiger partial charge in [-0.3, -0.25) is 9.78 Å². The molecule has 0 fully saturated rings. The van der Waals surface area contributed by atoms with Crippen LogP contribution in [-0.2, 0) is 0 Å². The van der Waals surface area contributed by atoms with Crippen LogP contribution < -0.4 is 10.1 Å². The van der Waals surface area contributed by atoms with Crippen molar-refractivity contribution in [1.82, 2.24) is 4.98 Å². The molecule has 0 bridgehead atoms. The number of ether oxygens (including phenoxy) is 1. The van der Waals surface area contributed by atoms with Gasteiger partial charge in [0.1, 0.15) is 5.75 Å². The Kier molecular flexibility index (Phi) is 5.06. The van der Waals surface area contributed by atoms with Crippen molar-refractivity contribution in [2.24, 2.45) is 0 Å². The number of fused-ring (bicyclic) bond motifs is 1. The number of methoxy groups -OCH3 is 1. The molecular formula is C19H12Cl2N2O2S2. The van der Waals surface area contributed by atoms with Gasteiger partial charge in [0.05, 0.1) is 43.6 Å². The maximum absolute atomic E-state index is 11.3. The summed E-state index contributed by atoms with van der Waals surface area (Å²) in [6.45, 7) is 0. The van der Waals surface area contributed by atoms with Gasteiger partial charge in [-0.25, -0.2) is 0 Å². The first-order chi connectivity index (χ1) is 13.1. The van der Waals surface area contributed by atoms with Gasteiger partial charge < -0.3 is 10.1 Å². The average Bonchev–Trinajstić information content (AvgIpc) is 3.30. The van der Waals surface area contributed by atoms with Crippen LogP contribution in [0.3, 0.4) is 0 Å². The number of hydrogen-bond donors (Lipinski definition) is 1. The molecule has 0 saturated carbocycles. The summed E-state index contributed by atoms with van der Waals surface area (Å²) < 4.78 is 6.24. The molecule has 4 aromatic rings. The molecule has 0 saturated heterocycles.